The summed E-state index contributed by atoms with van der Waals surface area (Å²) in [7, 11) is 0. The molecular formula is C19H32O2. The zero-order valence-corrected chi connectivity index (χ0v) is 14.0. The summed E-state index contributed by atoms with van der Waals surface area (Å²) in [6.07, 6.45) is 14.0. The van der Waals surface area contributed by atoms with Crippen molar-refractivity contribution in [1.82, 2.24) is 0 Å². The second kappa shape index (κ2) is 6.98. The van der Waals surface area contributed by atoms with Gasteiger partial charge < -0.3 is 5.11 Å². The van der Waals surface area contributed by atoms with Gasteiger partial charge in [-0.15, -0.1) is 0 Å². The number of hydrogen-bond donors (Lipinski definition) is 1. The molecule has 2 nitrogen and oxygen atoms in total. The van der Waals surface area contributed by atoms with Gasteiger partial charge in [0.25, 0.3) is 0 Å². The standard InChI is InChI=1S/C19H32O2/c1-14(18(20)21)13-15-9-11-17(12-10-15)19(2,3)16-7-5-4-6-8-16/h13,15-17H,4-12H2,1-3H3,(H,20,21). The molecule has 2 aliphatic rings. The third-order valence-electron chi connectivity index (χ3n) is 6.30. The Kier molecular flexibility index (Phi) is 5.51. The molecule has 0 radical (unpaired) electrons. The molecule has 0 heterocycles. The van der Waals surface area contributed by atoms with E-state index >= 15 is 0 Å². The van der Waals surface area contributed by atoms with Gasteiger partial charge >= 0.3 is 5.97 Å². The number of carboxylic acid groups (broad SMARTS) is 1. The lowest BCUT2D eigenvalue weighted by molar-refractivity contribution is -0.132. The molecule has 2 aliphatic carbocycles. The fraction of sp³-hybridized carbons (Fsp3) is 0.842. The summed E-state index contributed by atoms with van der Waals surface area (Å²) >= 11 is 0. The molecule has 0 saturated heterocycles. The van der Waals surface area contributed by atoms with Crippen LogP contribution < -0.4 is 0 Å². The van der Waals surface area contributed by atoms with Crippen molar-refractivity contribution in [2.75, 3.05) is 0 Å². The highest BCUT2D eigenvalue weighted by molar-refractivity contribution is 5.85. The van der Waals surface area contributed by atoms with Crippen LogP contribution in [0.3, 0.4) is 0 Å². The summed E-state index contributed by atoms with van der Waals surface area (Å²) in [5, 5.41) is 9.00. The summed E-state index contributed by atoms with van der Waals surface area (Å²) in [5.41, 5.74) is 0.988. The molecule has 0 aromatic carbocycles. The molecule has 1 N–H and O–H groups in total. The largest absolute Gasteiger partial charge is 0.478 e. The predicted molar refractivity (Wildman–Crippen MR) is 87.2 cm³/mol. The Morgan fingerprint density at radius 3 is 2.00 bits per heavy atom. The quantitative estimate of drug-likeness (QED) is 0.701. The highest BCUT2D eigenvalue weighted by Gasteiger charge is 2.38. The molecule has 21 heavy (non-hydrogen) atoms. The molecule has 0 aromatic heterocycles. The molecular weight excluding hydrogens is 260 g/mol. The Labute approximate surface area is 130 Å². The normalized spacial score (nSPS) is 29.4. The molecule has 0 aromatic rings. The molecule has 2 fully saturated rings. The third-order valence-corrected chi connectivity index (χ3v) is 6.30. The van der Waals surface area contributed by atoms with E-state index in [0.717, 1.165) is 11.8 Å². The van der Waals surface area contributed by atoms with E-state index in [1.165, 1.54) is 57.8 Å². The average molecular weight is 292 g/mol. The molecule has 0 spiro atoms. The van der Waals surface area contributed by atoms with Crippen LogP contribution in [0.25, 0.3) is 0 Å². The van der Waals surface area contributed by atoms with Crippen LogP contribution in [0.4, 0.5) is 0 Å². The van der Waals surface area contributed by atoms with Crippen molar-refractivity contribution in [2.45, 2.75) is 78.6 Å². The van der Waals surface area contributed by atoms with Crippen molar-refractivity contribution in [2.24, 2.45) is 23.2 Å². The van der Waals surface area contributed by atoms with Crippen molar-refractivity contribution in [1.29, 1.82) is 0 Å². The predicted octanol–water partition coefficient (Wildman–Crippen LogP) is 5.43. The Hall–Kier alpha value is -0.790. The van der Waals surface area contributed by atoms with E-state index in [2.05, 4.69) is 13.8 Å². The number of carbonyl (C=O) groups is 1. The minimum absolute atomic E-state index is 0.469. The lowest BCUT2D eigenvalue weighted by atomic mass is 9.60. The van der Waals surface area contributed by atoms with E-state index in [0.29, 0.717) is 16.9 Å². The van der Waals surface area contributed by atoms with Crippen molar-refractivity contribution >= 4 is 5.97 Å². The molecule has 0 unspecified atom stereocenters. The van der Waals surface area contributed by atoms with E-state index in [1.807, 2.05) is 6.08 Å². The van der Waals surface area contributed by atoms with Gasteiger partial charge in [0.05, 0.1) is 0 Å². The van der Waals surface area contributed by atoms with Crippen LogP contribution in [-0.4, -0.2) is 11.1 Å². The van der Waals surface area contributed by atoms with Crippen molar-refractivity contribution in [3.05, 3.63) is 11.6 Å². The van der Waals surface area contributed by atoms with Gasteiger partial charge in [0.2, 0.25) is 0 Å². The first-order valence-corrected chi connectivity index (χ1v) is 8.83. The highest BCUT2D eigenvalue weighted by Crippen LogP contribution is 2.49. The van der Waals surface area contributed by atoms with Gasteiger partial charge in [0.15, 0.2) is 0 Å². The number of allylic oxidation sites excluding steroid dienone is 1. The average Bonchev–Trinajstić information content (AvgIpc) is 2.48. The summed E-state index contributed by atoms with van der Waals surface area (Å²) in [4.78, 5) is 10.9. The first-order chi connectivity index (χ1) is 9.91. The SMILES string of the molecule is CC(=CC1CCC(C(C)(C)C2CCCCC2)CC1)C(=O)O. The molecule has 2 saturated carbocycles. The minimum atomic E-state index is -0.764. The zero-order valence-electron chi connectivity index (χ0n) is 14.0. The van der Waals surface area contributed by atoms with Crippen molar-refractivity contribution < 1.29 is 9.90 Å². The Balaban J connectivity index is 1.90. The second-order valence-corrected chi connectivity index (χ2v) is 7.92. The van der Waals surface area contributed by atoms with Crippen LogP contribution in [0, 0.1) is 23.2 Å². The molecule has 2 heteroatoms. The lowest BCUT2D eigenvalue weighted by Gasteiger charge is -2.45. The molecule has 0 amide bonds. The lowest BCUT2D eigenvalue weighted by Crippen LogP contribution is -2.36. The summed E-state index contributed by atoms with van der Waals surface area (Å²) in [5.74, 6) is 1.46. The first-order valence-electron chi connectivity index (χ1n) is 8.83. The van der Waals surface area contributed by atoms with Gasteiger partial charge in [-0.2, -0.15) is 0 Å². The van der Waals surface area contributed by atoms with E-state index in [4.69, 9.17) is 5.11 Å². The molecule has 0 atom stereocenters. The Morgan fingerprint density at radius 2 is 1.48 bits per heavy atom. The van der Waals surface area contributed by atoms with Crippen LogP contribution >= 0.6 is 0 Å². The van der Waals surface area contributed by atoms with Gasteiger partial charge in [-0.3, -0.25) is 0 Å². The molecule has 0 bridgehead atoms. The van der Waals surface area contributed by atoms with Gasteiger partial charge in [-0.05, 0) is 68.6 Å². The van der Waals surface area contributed by atoms with Gasteiger partial charge in [-0.25, -0.2) is 4.79 Å². The highest BCUT2D eigenvalue weighted by atomic mass is 16.4. The van der Waals surface area contributed by atoms with Gasteiger partial charge in [0.1, 0.15) is 0 Å². The van der Waals surface area contributed by atoms with Crippen LogP contribution in [0.5, 0.6) is 0 Å². The number of carboxylic acids is 1. The minimum Gasteiger partial charge on any atom is -0.478 e. The zero-order chi connectivity index (χ0) is 15.5. The summed E-state index contributed by atoms with van der Waals surface area (Å²) < 4.78 is 0. The Bertz CT molecular complexity index is 380. The number of aliphatic carboxylic acids is 1. The fourth-order valence-electron chi connectivity index (χ4n) is 4.63. The van der Waals surface area contributed by atoms with Crippen molar-refractivity contribution in [3.8, 4) is 0 Å². The Morgan fingerprint density at radius 1 is 0.952 bits per heavy atom. The third kappa shape index (κ3) is 4.11. The second-order valence-electron chi connectivity index (χ2n) is 7.92. The van der Waals surface area contributed by atoms with Gasteiger partial charge in [0, 0.05) is 5.57 Å². The van der Waals surface area contributed by atoms with E-state index in [9.17, 15) is 4.79 Å². The summed E-state index contributed by atoms with van der Waals surface area (Å²) in [6, 6.07) is 0. The van der Waals surface area contributed by atoms with Crippen LogP contribution in [-0.2, 0) is 4.79 Å². The topological polar surface area (TPSA) is 37.3 Å². The van der Waals surface area contributed by atoms with Crippen LogP contribution in [0.15, 0.2) is 11.6 Å². The molecule has 120 valence electrons. The number of hydrogen-bond acceptors (Lipinski definition) is 1. The van der Waals surface area contributed by atoms with Crippen LogP contribution in [0.1, 0.15) is 78.6 Å². The maximum Gasteiger partial charge on any atom is 0.330 e. The monoisotopic (exact) mass is 292 g/mol. The maximum absolute atomic E-state index is 10.9. The molecule has 2 rings (SSSR count). The smallest absolute Gasteiger partial charge is 0.330 e. The fourth-order valence-corrected chi connectivity index (χ4v) is 4.63. The number of rotatable bonds is 4. The van der Waals surface area contributed by atoms with E-state index in [1.54, 1.807) is 6.92 Å². The van der Waals surface area contributed by atoms with Gasteiger partial charge in [-0.1, -0.05) is 39.2 Å². The van der Waals surface area contributed by atoms with E-state index in [-0.39, 0.29) is 0 Å². The van der Waals surface area contributed by atoms with Crippen LogP contribution in [0.2, 0.25) is 0 Å². The van der Waals surface area contributed by atoms with Crippen molar-refractivity contribution in [3.63, 3.8) is 0 Å². The first kappa shape index (κ1) is 16.6. The molecule has 0 aliphatic heterocycles. The summed E-state index contributed by atoms with van der Waals surface area (Å²) in [6.45, 7) is 6.71. The maximum atomic E-state index is 10.9. The van der Waals surface area contributed by atoms with E-state index < -0.39 is 5.97 Å².